The fourth-order valence-electron chi connectivity index (χ4n) is 3.05. The van der Waals surface area contributed by atoms with Crippen LogP contribution in [0.15, 0.2) is 71.7 Å². The largest absolute Gasteiger partial charge is 0.466 e. The lowest BCUT2D eigenvalue weighted by Gasteiger charge is -2.32. The highest BCUT2D eigenvalue weighted by Gasteiger charge is 2.35. The zero-order valence-electron chi connectivity index (χ0n) is 14.9. The summed E-state index contributed by atoms with van der Waals surface area (Å²) in [7, 11) is 1.32. The maximum absolute atomic E-state index is 12.5. The van der Waals surface area contributed by atoms with E-state index in [-0.39, 0.29) is 11.4 Å². The van der Waals surface area contributed by atoms with Gasteiger partial charge < -0.3 is 15.4 Å². The molecule has 3 rings (SSSR count). The second-order valence-corrected chi connectivity index (χ2v) is 6.61. The zero-order valence-corrected chi connectivity index (χ0v) is 15.7. The van der Waals surface area contributed by atoms with Gasteiger partial charge in [-0.05, 0) is 36.8 Å². The molecule has 0 saturated carbocycles. The highest BCUT2D eigenvalue weighted by Crippen LogP contribution is 2.39. The first-order valence-electron chi connectivity index (χ1n) is 8.27. The number of hydrogen-bond donors (Lipinski definition) is 1. The highest BCUT2D eigenvalue weighted by molar-refractivity contribution is 6.30. The van der Waals surface area contributed by atoms with Crippen molar-refractivity contribution in [2.75, 3.05) is 12.0 Å². The van der Waals surface area contributed by atoms with Crippen LogP contribution in [0.5, 0.6) is 0 Å². The van der Waals surface area contributed by atoms with Crippen LogP contribution in [0, 0.1) is 18.3 Å². The van der Waals surface area contributed by atoms with E-state index in [9.17, 15) is 10.1 Å². The van der Waals surface area contributed by atoms with E-state index in [1.807, 2.05) is 31.2 Å². The van der Waals surface area contributed by atoms with Crippen molar-refractivity contribution in [3.63, 3.8) is 0 Å². The SMILES string of the molecule is COC(=O)C1=CN(c2ccc(Cl)cc2)C(N)=C(C#N)C1c1ccc(C)cc1. The van der Waals surface area contributed by atoms with Gasteiger partial charge in [-0.1, -0.05) is 41.4 Å². The van der Waals surface area contributed by atoms with Crippen molar-refractivity contribution in [3.8, 4) is 6.07 Å². The molecule has 0 saturated heterocycles. The number of allylic oxidation sites excluding steroid dienone is 1. The molecule has 0 fully saturated rings. The van der Waals surface area contributed by atoms with Crippen LogP contribution in [0.1, 0.15) is 17.0 Å². The molecule has 136 valence electrons. The molecule has 2 N–H and O–H groups in total. The van der Waals surface area contributed by atoms with Crippen LogP contribution in [-0.4, -0.2) is 13.1 Å². The molecule has 1 aliphatic heterocycles. The predicted octanol–water partition coefficient (Wildman–Crippen LogP) is 4.00. The number of methoxy groups -OCH3 is 1. The van der Waals surface area contributed by atoms with Crippen LogP contribution in [0.4, 0.5) is 5.69 Å². The van der Waals surface area contributed by atoms with Gasteiger partial charge in [0.05, 0.1) is 30.2 Å². The predicted molar refractivity (Wildman–Crippen MR) is 105 cm³/mol. The molecule has 2 aromatic rings. The van der Waals surface area contributed by atoms with E-state index in [1.54, 1.807) is 35.4 Å². The number of aryl methyl sites for hydroxylation is 1. The Balaban J connectivity index is 2.18. The summed E-state index contributed by atoms with van der Waals surface area (Å²) in [6.07, 6.45) is 1.62. The Bertz CT molecular complexity index is 970. The normalized spacial score (nSPS) is 16.6. The van der Waals surface area contributed by atoms with Crippen molar-refractivity contribution in [1.82, 2.24) is 0 Å². The van der Waals surface area contributed by atoms with E-state index in [1.165, 1.54) is 7.11 Å². The van der Waals surface area contributed by atoms with Gasteiger partial charge in [-0.3, -0.25) is 0 Å². The number of carbonyl (C=O) groups is 1. The Morgan fingerprint density at radius 2 is 1.81 bits per heavy atom. The summed E-state index contributed by atoms with van der Waals surface area (Å²) in [6, 6.07) is 16.8. The van der Waals surface area contributed by atoms with Gasteiger partial charge in [-0.2, -0.15) is 5.26 Å². The van der Waals surface area contributed by atoms with Gasteiger partial charge in [-0.15, -0.1) is 0 Å². The molecule has 0 aromatic heterocycles. The van der Waals surface area contributed by atoms with Crippen LogP contribution in [0.3, 0.4) is 0 Å². The number of hydrogen-bond acceptors (Lipinski definition) is 5. The Morgan fingerprint density at radius 3 is 2.37 bits per heavy atom. The monoisotopic (exact) mass is 379 g/mol. The van der Waals surface area contributed by atoms with Crippen LogP contribution >= 0.6 is 11.6 Å². The van der Waals surface area contributed by atoms with Crippen molar-refractivity contribution >= 4 is 23.3 Å². The number of nitrogens with two attached hydrogens (primary N) is 1. The minimum absolute atomic E-state index is 0.262. The van der Waals surface area contributed by atoms with E-state index in [0.717, 1.165) is 11.1 Å². The van der Waals surface area contributed by atoms with Crippen LogP contribution in [0.2, 0.25) is 5.02 Å². The number of benzene rings is 2. The van der Waals surface area contributed by atoms with Gasteiger partial charge in [0.15, 0.2) is 0 Å². The molecule has 1 unspecified atom stereocenters. The zero-order chi connectivity index (χ0) is 19.6. The fraction of sp³-hybridized carbons (Fsp3) is 0.143. The molecule has 2 aromatic carbocycles. The molecule has 6 heteroatoms. The molecule has 1 heterocycles. The lowest BCUT2D eigenvalue weighted by molar-refractivity contribution is -0.136. The van der Waals surface area contributed by atoms with E-state index in [0.29, 0.717) is 16.3 Å². The maximum Gasteiger partial charge on any atom is 0.336 e. The second kappa shape index (κ2) is 7.56. The number of esters is 1. The first-order valence-corrected chi connectivity index (χ1v) is 8.65. The summed E-state index contributed by atoms with van der Waals surface area (Å²) in [5.41, 5.74) is 9.51. The van der Waals surface area contributed by atoms with Crippen LogP contribution in [-0.2, 0) is 9.53 Å². The average Bonchev–Trinajstić information content (AvgIpc) is 2.68. The number of halogens is 1. The molecular weight excluding hydrogens is 362 g/mol. The number of rotatable bonds is 3. The molecule has 0 amide bonds. The van der Waals surface area contributed by atoms with Crippen molar-refractivity contribution in [1.29, 1.82) is 5.26 Å². The lowest BCUT2D eigenvalue weighted by Crippen LogP contribution is -2.33. The quantitative estimate of drug-likeness (QED) is 0.815. The Kier molecular flexibility index (Phi) is 5.20. The molecule has 1 aliphatic rings. The molecular formula is C21H18ClN3O2. The van der Waals surface area contributed by atoms with E-state index >= 15 is 0 Å². The Morgan fingerprint density at radius 1 is 1.19 bits per heavy atom. The number of anilines is 1. The van der Waals surface area contributed by atoms with Crippen molar-refractivity contribution in [2.24, 2.45) is 5.73 Å². The van der Waals surface area contributed by atoms with Crippen molar-refractivity contribution < 1.29 is 9.53 Å². The van der Waals surface area contributed by atoms with Gasteiger partial charge in [0.2, 0.25) is 0 Å². The lowest BCUT2D eigenvalue weighted by atomic mass is 9.83. The van der Waals surface area contributed by atoms with Gasteiger partial charge in [0.1, 0.15) is 5.82 Å². The highest BCUT2D eigenvalue weighted by atomic mass is 35.5. The van der Waals surface area contributed by atoms with Crippen LogP contribution in [0.25, 0.3) is 0 Å². The van der Waals surface area contributed by atoms with Gasteiger partial charge in [0, 0.05) is 16.9 Å². The second-order valence-electron chi connectivity index (χ2n) is 6.18. The maximum atomic E-state index is 12.5. The molecule has 0 spiro atoms. The van der Waals surface area contributed by atoms with Crippen molar-refractivity contribution in [3.05, 3.63) is 87.8 Å². The molecule has 5 nitrogen and oxygen atoms in total. The molecule has 27 heavy (non-hydrogen) atoms. The van der Waals surface area contributed by atoms with Crippen molar-refractivity contribution in [2.45, 2.75) is 12.8 Å². The molecule has 0 radical (unpaired) electrons. The number of nitrogens with zero attached hydrogens (tertiary/aromatic N) is 2. The summed E-state index contributed by atoms with van der Waals surface area (Å²) in [6.45, 7) is 1.97. The third-order valence-corrected chi connectivity index (χ3v) is 4.71. The Hall–Kier alpha value is -3.23. The van der Waals surface area contributed by atoms with Gasteiger partial charge in [0.25, 0.3) is 0 Å². The number of nitriles is 1. The third-order valence-electron chi connectivity index (χ3n) is 4.46. The standard InChI is InChI=1S/C21H18ClN3O2/c1-13-3-5-14(6-4-13)19-17(11-23)20(24)25(12-18(19)21(26)27-2)16-9-7-15(22)8-10-16/h3-10,12,19H,24H2,1-2H3. The topological polar surface area (TPSA) is 79.3 Å². The average molecular weight is 380 g/mol. The fourth-order valence-corrected chi connectivity index (χ4v) is 3.17. The molecule has 0 bridgehead atoms. The summed E-state index contributed by atoms with van der Waals surface area (Å²) < 4.78 is 4.97. The van der Waals surface area contributed by atoms with E-state index < -0.39 is 11.9 Å². The first-order chi connectivity index (χ1) is 13.0. The summed E-state index contributed by atoms with van der Waals surface area (Å²) in [4.78, 5) is 14.1. The van der Waals surface area contributed by atoms with E-state index in [2.05, 4.69) is 6.07 Å². The Labute approximate surface area is 162 Å². The molecule has 0 aliphatic carbocycles. The number of ether oxygens (including phenoxy) is 1. The minimum atomic E-state index is -0.591. The number of carbonyl (C=O) groups excluding carboxylic acids is 1. The molecule has 1 atom stereocenters. The third kappa shape index (κ3) is 3.53. The minimum Gasteiger partial charge on any atom is -0.466 e. The van der Waals surface area contributed by atoms with Gasteiger partial charge >= 0.3 is 5.97 Å². The summed E-state index contributed by atoms with van der Waals surface area (Å²) in [5.74, 6) is -0.843. The summed E-state index contributed by atoms with van der Waals surface area (Å²) >= 11 is 5.96. The van der Waals surface area contributed by atoms with Crippen LogP contribution < -0.4 is 10.6 Å². The summed E-state index contributed by atoms with van der Waals surface area (Å²) in [5, 5.41) is 10.4. The first kappa shape index (κ1) is 18.6. The van der Waals surface area contributed by atoms with E-state index in [4.69, 9.17) is 22.1 Å². The van der Waals surface area contributed by atoms with Gasteiger partial charge in [-0.25, -0.2) is 4.79 Å². The smallest absolute Gasteiger partial charge is 0.336 e.